The van der Waals surface area contributed by atoms with Gasteiger partial charge in [0, 0.05) is 32.8 Å². The van der Waals surface area contributed by atoms with Gasteiger partial charge in [-0.3, -0.25) is 0 Å². The second kappa shape index (κ2) is 7.96. The Morgan fingerprint density at radius 3 is 2.35 bits per heavy atom. The molecule has 0 saturated carbocycles. The van der Waals surface area contributed by atoms with Crippen LogP contribution in [0.2, 0.25) is 0 Å². The van der Waals surface area contributed by atoms with Crippen molar-refractivity contribution in [3.05, 3.63) is 30.3 Å². The summed E-state index contributed by atoms with van der Waals surface area (Å²) in [5.41, 5.74) is -0.173. The molecular formula is C17H24O5S. The molecule has 128 valence electrons. The Morgan fingerprint density at radius 1 is 0.957 bits per heavy atom. The zero-order chi connectivity index (χ0) is 16.2. The van der Waals surface area contributed by atoms with Crippen LogP contribution in [0.25, 0.3) is 0 Å². The number of ether oxygens (including phenoxy) is 5. The van der Waals surface area contributed by atoms with Crippen molar-refractivity contribution >= 4 is 11.8 Å². The van der Waals surface area contributed by atoms with Crippen molar-refractivity contribution in [3.8, 4) is 0 Å². The number of hydrogen-bond donors (Lipinski definition) is 0. The minimum Gasteiger partial charge on any atom is -0.379 e. The first-order valence-electron chi connectivity index (χ1n) is 7.85. The fourth-order valence-corrected chi connectivity index (χ4v) is 4.47. The normalized spacial score (nSPS) is 37.3. The Labute approximate surface area is 141 Å². The molecule has 23 heavy (non-hydrogen) atoms. The number of fused-ring (bicyclic) bond motifs is 1. The number of thioether (sulfide) groups is 1. The first-order chi connectivity index (χ1) is 11.3. The molecule has 5 nitrogen and oxygen atoms in total. The maximum Gasteiger partial charge on any atom is 0.137 e. The fraction of sp³-hybridized carbons (Fsp3) is 0.647. The van der Waals surface area contributed by atoms with Crippen LogP contribution in [0.1, 0.15) is 6.42 Å². The molecule has 0 spiro atoms. The lowest BCUT2D eigenvalue weighted by Crippen LogP contribution is -2.64. The second-order valence-electron chi connectivity index (χ2n) is 5.70. The largest absolute Gasteiger partial charge is 0.379 e. The number of methoxy groups -OCH3 is 3. The maximum atomic E-state index is 6.34. The first kappa shape index (κ1) is 17.2. The Morgan fingerprint density at radius 2 is 1.70 bits per heavy atom. The van der Waals surface area contributed by atoms with Crippen molar-refractivity contribution in [2.45, 2.75) is 47.3 Å². The van der Waals surface area contributed by atoms with Gasteiger partial charge in [0.25, 0.3) is 0 Å². The predicted octanol–water partition coefficient (Wildman–Crippen LogP) is 2.34. The summed E-state index contributed by atoms with van der Waals surface area (Å²) >= 11 is 1.65. The highest BCUT2D eigenvalue weighted by atomic mass is 32.2. The average molecular weight is 340 g/mol. The molecule has 2 heterocycles. The number of hydrogen-bond acceptors (Lipinski definition) is 6. The van der Waals surface area contributed by atoms with Crippen LogP contribution in [0.5, 0.6) is 0 Å². The SMILES string of the molecule is CO[C@H]1[C@@H]2OCC[C@H](OC)[C@H]2O[C@H](Sc2ccccc2)[C@H]1OC. The van der Waals surface area contributed by atoms with E-state index in [9.17, 15) is 0 Å². The molecule has 0 aliphatic carbocycles. The molecular weight excluding hydrogens is 316 g/mol. The van der Waals surface area contributed by atoms with Crippen LogP contribution in [0.15, 0.2) is 35.2 Å². The van der Waals surface area contributed by atoms with Gasteiger partial charge >= 0.3 is 0 Å². The molecule has 1 aromatic rings. The standard InChI is InChI=1S/C17H24O5S/c1-18-12-9-10-21-15-13(12)22-17(16(20-3)14(15)19-2)23-11-7-5-4-6-8-11/h4-8,12-17H,9-10H2,1-3H3/t12-,13+,14-,15+,16-,17+/m0/s1. The maximum absolute atomic E-state index is 6.34. The van der Waals surface area contributed by atoms with E-state index in [1.165, 1.54) is 0 Å². The van der Waals surface area contributed by atoms with Crippen molar-refractivity contribution in [1.82, 2.24) is 0 Å². The molecule has 2 aliphatic rings. The molecule has 1 aromatic carbocycles. The zero-order valence-electron chi connectivity index (χ0n) is 13.7. The summed E-state index contributed by atoms with van der Waals surface area (Å²) < 4.78 is 29.3. The minimum atomic E-state index is -0.206. The van der Waals surface area contributed by atoms with Crippen molar-refractivity contribution in [2.24, 2.45) is 0 Å². The fourth-order valence-electron chi connectivity index (χ4n) is 3.31. The smallest absolute Gasteiger partial charge is 0.137 e. The summed E-state index contributed by atoms with van der Waals surface area (Å²) in [6, 6.07) is 10.2. The first-order valence-corrected chi connectivity index (χ1v) is 8.73. The van der Waals surface area contributed by atoms with Gasteiger partial charge in [-0.15, -0.1) is 0 Å². The van der Waals surface area contributed by atoms with Crippen molar-refractivity contribution < 1.29 is 23.7 Å². The number of benzene rings is 1. The van der Waals surface area contributed by atoms with Gasteiger partial charge in [0.2, 0.25) is 0 Å². The molecule has 0 amide bonds. The van der Waals surface area contributed by atoms with E-state index in [4.69, 9.17) is 23.7 Å². The van der Waals surface area contributed by atoms with Gasteiger partial charge in [0.15, 0.2) is 0 Å². The quantitative estimate of drug-likeness (QED) is 0.820. The summed E-state index contributed by atoms with van der Waals surface area (Å²) in [6.07, 6.45) is 0.139. The average Bonchev–Trinajstić information content (AvgIpc) is 2.60. The predicted molar refractivity (Wildman–Crippen MR) is 87.7 cm³/mol. The van der Waals surface area contributed by atoms with E-state index in [1.54, 1.807) is 33.1 Å². The third kappa shape index (κ3) is 3.57. The molecule has 2 fully saturated rings. The summed E-state index contributed by atoms with van der Waals surface area (Å²) in [6.45, 7) is 0.649. The Kier molecular flexibility index (Phi) is 5.96. The number of rotatable bonds is 5. The van der Waals surface area contributed by atoms with Gasteiger partial charge in [-0.2, -0.15) is 0 Å². The van der Waals surface area contributed by atoms with E-state index in [1.807, 2.05) is 18.2 Å². The van der Waals surface area contributed by atoms with Crippen molar-refractivity contribution in [3.63, 3.8) is 0 Å². The van der Waals surface area contributed by atoms with Crippen LogP contribution in [-0.4, -0.2) is 63.9 Å². The van der Waals surface area contributed by atoms with E-state index in [-0.39, 0.29) is 36.0 Å². The van der Waals surface area contributed by atoms with Crippen LogP contribution >= 0.6 is 11.8 Å². The lowest BCUT2D eigenvalue weighted by molar-refractivity contribution is -0.267. The molecule has 0 radical (unpaired) electrons. The third-order valence-electron chi connectivity index (χ3n) is 4.45. The highest BCUT2D eigenvalue weighted by Gasteiger charge is 2.51. The highest BCUT2D eigenvalue weighted by Crippen LogP contribution is 2.39. The van der Waals surface area contributed by atoms with E-state index in [0.29, 0.717) is 6.61 Å². The summed E-state index contributed by atoms with van der Waals surface area (Å²) in [4.78, 5) is 1.14. The van der Waals surface area contributed by atoms with Gasteiger partial charge in [-0.05, 0) is 18.6 Å². The lowest BCUT2D eigenvalue weighted by atomic mass is 9.92. The van der Waals surface area contributed by atoms with Crippen LogP contribution in [0, 0.1) is 0 Å². The molecule has 6 atom stereocenters. The van der Waals surface area contributed by atoms with E-state index in [0.717, 1.165) is 11.3 Å². The minimum absolute atomic E-state index is 0.0167. The Balaban J connectivity index is 1.83. The van der Waals surface area contributed by atoms with Crippen LogP contribution in [0.3, 0.4) is 0 Å². The van der Waals surface area contributed by atoms with Gasteiger partial charge in [0.1, 0.15) is 29.9 Å². The van der Waals surface area contributed by atoms with Crippen LogP contribution in [-0.2, 0) is 23.7 Å². The summed E-state index contributed by atoms with van der Waals surface area (Å²) in [5.74, 6) is 0. The highest BCUT2D eigenvalue weighted by molar-refractivity contribution is 7.99. The summed E-state index contributed by atoms with van der Waals surface area (Å²) in [7, 11) is 5.11. The topological polar surface area (TPSA) is 46.2 Å². The van der Waals surface area contributed by atoms with Gasteiger partial charge in [-0.25, -0.2) is 0 Å². The molecule has 0 N–H and O–H groups in total. The van der Waals surface area contributed by atoms with Gasteiger partial charge < -0.3 is 23.7 Å². The van der Waals surface area contributed by atoms with Crippen molar-refractivity contribution in [1.29, 1.82) is 0 Å². The van der Waals surface area contributed by atoms with E-state index in [2.05, 4.69) is 12.1 Å². The molecule has 3 rings (SSSR count). The summed E-state index contributed by atoms with van der Waals surface area (Å²) in [5, 5.41) is 0. The van der Waals surface area contributed by atoms with E-state index >= 15 is 0 Å². The molecule has 2 aliphatic heterocycles. The van der Waals surface area contributed by atoms with Crippen LogP contribution in [0.4, 0.5) is 0 Å². The van der Waals surface area contributed by atoms with Gasteiger partial charge in [-0.1, -0.05) is 30.0 Å². The monoisotopic (exact) mass is 340 g/mol. The lowest BCUT2D eigenvalue weighted by Gasteiger charge is -2.49. The zero-order valence-corrected chi connectivity index (χ0v) is 14.5. The third-order valence-corrected chi connectivity index (χ3v) is 5.61. The molecule has 0 bridgehead atoms. The second-order valence-corrected chi connectivity index (χ2v) is 6.87. The van der Waals surface area contributed by atoms with Crippen molar-refractivity contribution in [2.75, 3.05) is 27.9 Å². The Bertz CT molecular complexity index is 483. The van der Waals surface area contributed by atoms with Gasteiger partial charge in [0.05, 0.1) is 6.10 Å². The van der Waals surface area contributed by atoms with Crippen LogP contribution < -0.4 is 0 Å². The molecule has 0 aromatic heterocycles. The Hall–Kier alpha value is -0.630. The molecule has 0 unspecified atom stereocenters. The molecule has 6 heteroatoms. The molecule has 2 saturated heterocycles. The van der Waals surface area contributed by atoms with E-state index < -0.39 is 0 Å².